The first-order valence-electron chi connectivity index (χ1n) is 11.5. The van der Waals surface area contributed by atoms with Crippen LogP contribution in [0.2, 0.25) is 0 Å². The minimum Gasteiger partial charge on any atom is -0.464 e. The summed E-state index contributed by atoms with van der Waals surface area (Å²) in [5.41, 5.74) is 1.10. The Labute approximate surface area is 209 Å². The Hall–Kier alpha value is -3.44. The highest BCUT2D eigenvalue weighted by atomic mass is 31.1. The van der Waals surface area contributed by atoms with Gasteiger partial charge in [0, 0.05) is 27.3 Å². The molecule has 4 heteroatoms. The number of hydrogen-bond donors (Lipinski definition) is 0. The molecule has 0 N–H and O–H groups in total. The molecule has 5 aromatic rings. The summed E-state index contributed by atoms with van der Waals surface area (Å²) in [7, 11) is -2.02. The molecular formula is C31H26O2P2. The molecule has 0 amide bonds. The Bertz CT molecular complexity index is 1160. The molecule has 5 rings (SSSR count). The first kappa shape index (κ1) is 23.3. The van der Waals surface area contributed by atoms with Crippen molar-refractivity contribution in [1.82, 2.24) is 0 Å². The van der Waals surface area contributed by atoms with Gasteiger partial charge in [-0.3, -0.25) is 0 Å². The second-order valence-corrected chi connectivity index (χ2v) is 11.7. The molecule has 0 aliphatic heterocycles. The molecule has 0 aliphatic carbocycles. The Morgan fingerprint density at radius 2 is 0.686 bits per heavy atom. The van der Waals surface area contributed by atoms with E-state index < -0.39 is 16.3 Å². The SMILES string of the molecule is Cc1cc(OP(c2ccccc2)c2ccccc2)cc(OP(c2ccccc2)c2ccccc2)c1. The number of rotatable bonds is 8. The molecular weight excluding hydrogens is 466 g/mol. The predicted octanol–water partition coefficient (Wildman–Crippen LogP) is 6.85. The van der Waals surface area contributed by atoms with Crippen molar-refractivity contribution in [2.24, 2.45) is 0 Å². The second kappa shape index (κ2) is 11.3. The maximum Gasteiger partial charge on any atom is 0.150 e. The van der Waals surface area contributed by atoms with Gasteiger partial charge in [0.25, 0.3) is 0 Å². The van der Waals surface area contributed by atoms with E-state index >= 15 is 0 Å². The lowest BCUT2D eigenvalue weighted by atomic mass is 10.2. The van der Waals surface area contributed by atoms with E-state index in [1.54, 1.807) is 0 Å². The lowest BCUT2D eigenvalue weighted by Gasteiger charge is -2.22. The monoisotopic (exact) mass is 492 g/mol. The van der Waals surface area contributed by atoms with Crippen LogP contribution in [0.1, 0.15) is 5.56 Å². The summed E-state index contributed by atoms with van der Waals surface area (Å²) < 4.78 is 13.4. The van der Waals surface area contributed by atoms with Crippen LogP contribution in [-0.4, -0.2) is 0 Å². The van der Waals surface area contributed by atoms with E-state index in [1.165, 1.54) is 21.2 Å². The second-order valence-electron chi connectivity index (χ2n) is 8.10. The Balaban J connectivity index is 1.48. The molecule has 0 radical (unpaired) electrons. The number of aryl methyl sites for hydroxylation is 1. The molecule has 0 unspecified atom stereocenters. The van der Waals surface area contributed by atoms with Gasteiger partial charge in [0.05, 0.1) is 0 Å². The molecule has 2 nitrogen and oxygen atoms in total. The summed E-state index contributed by atoms with van der Waals surface area (Å²) in [6, 6.07) is 47.9. The third-order valence-corrected chi connectivity index (χ3v) is 9.24. The van der Waals surface area contributed by atoms with Gasteiger partial charge in [0.2, 0.25) is 0 Å². The van der Waals surface area contributed by atoms with Crippen LogP contribution >= 0.6 is 16.3 Å². The summed E-state index contributed by atoms with van der Waals surface area (Å²) >= 11 is 0. The van der Waals surface area contributed by atoms with Crippen LogP contribution in [0.15, 0.2) is 140 Å². The molecule has 0 spiro atoms. The van der Waals surface area contributed by atoms with E-state index in [0.29, 0.717) is 0 Å². The van der Waals surface area contributed by atoms with Gasteiger partial charge in [0.1, 0.15) is 11.5 Å². The van der Waals surface area contributed by atoms with Crippen LogP contribution in [0.5, 0.6) is 11.5 Å². The highest BCUT2D eigenvalue weighted by Gasteiger charge is 2.20. The fraction of sp³-hybridized carbons (Fsp3) is 0.0323. The summed E-state index contributed by atoms with van der Waals surface area (Å²) in [5, 5.41) is 4.70. The highest BCUT2D eigenvalue weighted by Crippen LogP contribution is 2.41. The number of benzene rings is 5. The van der Waals surface area contributed by atoms with Crippen molar-refractivity contribution < 1.29 is 9.05 Å². The van der Waals surface area contributed by atoms with Crippen molar-refractivity contribution in [3.63, 3.8) is 0 Å². The first-order chi connectivity index (χ1) is 17.3. The standard InChI is InChI=1S/C31H26O2P2/c1-25-22-26(32-34(28-14-6-2-7-15-28)29-16-8-3-9-17-29)24-27(23-25)33-35(30-18-10-4-11-19-30)31-20-12-5-13-21-31/h2-24H,1H3. The Kier molecular flexibility index (Phi) is 7.54. The maximum absolute atomic E-state index is 6.69. The van der Waals surface area contributed by atoms with E-state index in [0.717, 1.165) is 17.1 Å². The molecule has 0 aliphatic rings. The topological polar surface area (TPSA) is 18.5 Å². The third-order valence-electron chi connectivity index (χ3n) is 5.38. The predicted molar refractivity (Wildman–Crippen MR) is 151 cm³/mol. The van der Waals surface area contributed by atoms with Crippen molar-refractivity contribution in [2.75, 3.05) is 0 Å². The lowest BCUT2D eigenvalue weighted by molar-refractivity contribution is 0.600. The van der Waals surface area contributed by atoms with Crippen LogP contribution < -0.4 is 30.3 Å². The first-order valence-corrected chi connectivity index (χ1v) is 14.1. The quantitative estimate of drug-likeness (QED) is 0.221. The molecule has 0 saturated heterocycles. The van der Waals surface area contributed by atoms with E-state index in [2.05, 4.69) is 116 Å². The van der Waals surface area contributed by atoms with E-state index in [-0.39, 0.29) is 0 Å². The van der Waals surface area contributed by atoms with Crippen LogP contribution in [0.25, 0.3) is 0 Å². The summed E-state index contributed by atoms with van der Waals surface area (Å²) in [6.07, 6.45) is 0. The molecule has 0 atom stereocenters. The number of hydrogen-bond acceptors (Lipinski definition) is 2. The van der Waals surface area contributed by atoms with Gasteiger partial charge in [-0.15, -0.1) is 0 Å². The average Bonchev–Trinajstić information content (AvgIpc) is 2.92. The van der Waals surface area contributed by atoms with Gasteiger partial charge in [-0.1, -0.05) is 121 Å². The van der Waals surface area contributed by atoms with Gasteiger partial charge in [-0.25, -0.2) is 0 Å². The van der Waals surface area contributed by atoms with Gasteiger partial charge in [-0.05, 0) is 24.6 Å². The van der Waals surface area contributed by atoms with E-state index in [9.17, 15) is 0 Å². The zero-order valence-electron chi connectivity index (χ0n) is 19.5. The van der Waals surface area contributed by atoms with Crippen LogP contribution in [0.3, 0.4) is 0 Å². The Morgan fingerprint density at radius 1 is 0.400 bits per heavy atom. The molecule has 0 bridgehead atoms. The normalized spacial score (nSPS) is 10.9. The fourth-order valence-electron chi connectivity index (χ4n) is 3.79. The molecule has 0 heterocycles. The summed E-state index contributed by atoms with van der Waals surface area (Å²) in [5.74, 6) is 1.63. The fourth-order valence-corrected chi connectivity index (χ4v) is 7.21. The minimum absolute atomic E-state index is 0.815. The smallest absolute Gasteiger partial charge is 0.150 e. The van der Waals surface area contributed by atoms with Gasteiger partial charge in [0.15, 0.2) is 16.3 Å². The van der Waals surface area contributed by atoms with Crippen molar-refractivity contribution in [2.45, 2.75) is 6.92 Å². The largest absolute Gasteiger partial charge is 0.464 e. The van der Waals surface area contributed by atoms with Gasteiger partial charge in [-0.2, -0.15) is 0 Å². The zero-order valence-corrected chi connectivity index (χ0v) is 21.3. The lowest BCUT2D eigenvalue weighted by Crippen LogP contribution is -2.16. The molecule has 0 aromatic heterocycles. The highest BCUT2D eigenvalue weighted by molar-refractivity contribution is 7.69. The minimum atomic E-state index is -1.01. The molecule has 172 valence electrons. The van der Waals surface area contributed by atoms with Crippen molar-refractivity contribution in [3.8, 4) is 11.5 Å². The maximum atomic E-state index is 6.69. The molecule has 0 saturated carbocycles. The molecule has 5 aromatic carbocycles. The molecule has 35 heavy (non-hydrogen) atoms. The summed E-state index contributed by atoms with van der Waals surface area (Å²) in [6.45, 7) is 2.08. The third kappa shape index (κ3) is 5.98. The van der Waals surface area contributed by atoms with Crippen LogP contribution in [-0.2, 0) is 0 Å². The van der Waals surface area contributed by atoms with E-state index in [4.69, 9.17) is 9.05 Å². The van der Waals surface area contributed by atoms with E-state index in [1.807, 2.05) is 30.3 Å². The van der Waals surface area contributed by atoms with Gasteiger partial charge < -0.3 is 9.05 Å². The molecule has 0 fully saturated rings. The van der Waals surface area contributed by atoms with Crippen molar-refractivity contribution >= 4 is 37.5 Å². The van der Waals surface area contributed by atoms with Gasteiger partial charge >= 0.3 is 0 Å². The van der Waals surface area contributed by atoms with Crippen LogP contribution in [0, 0.1) is 6.92 Å². The Morgan fingerprint density at radius 3 is 0.971 bits per heavy atom. The average molecular weight is 492 g/mol. The van der Waals surface area contributed by atoms with Crippen molar-refractivity contribution in [1.29, 1.82) is 0 Å². The zero-order chi connectivity index (χ0) is 23.9. The van der Waals surface area contributed by atoms with Crippen molar-refractivity contribution in [3.05, 3.63) is 145 Å². The van der Waals surface area contributed by atoms with Crippen LogP contribution in [0.4, 0.5) is 0 Å². The summed E-state index contributed by atoms with van der Waals surface area (Å²) in [4.78, 5) is 0.